The predicted molar refractivity (Wildman–Crippen MR) is 77.9 cm³/mol. The Labute approximate surface area is 111 Å². The molecule has 1 fully saturated rings. The summed E-state index contributed by atoms with van der Waals surface area (Å²) in [5.41, 5.74) is 4.30. The van der Waals surface area contributed by atoms with E-state index >= 15 is 0 Å². The maximum absolute atomic E-state index is 3.56. The highest BCUT2D eigenvalue weighted by molar-refractivity contribution is 5.30. The smallest absolute Gasteiger partial charge is 0.0236 e. The molecule has 1 aromatic rings. The van der Waals surface area contributed by atoms with Gasteiger partial charge in [-0.2, -0.15) is 0 Å². The third kappa shape index (κ3) is 3.56. The second-order valence-corrected chi connectivity index (χ2v) is 5.54. The van der Waals surface area contributed by atoms with E-state index in [0.717, 1.165) is 19.1 Å². The van der Waals surface area contributed by atoms with Crippen LogP contribution in [-0.4, -0.2) is 30.6 Å². The zero-order valence-corrected chi connectivity index (χ0v) is 12.0. The second-order valence-electron chi connectivity index (χ2n) is 5.54. The van der Waals surface area contributed by atoms with E-state index < -0.39 is 0 Å². The normalized spacial score (nSPS) is 18.2. The van der Waals surface area contributed by atoms with Crippen LogP contribution in [0.5, 0.6) is 0 Å². The molecule has 0 aliphatic carbocycles. The molecule has 0 bridgehead atoms. The first-order valence-corrected chi connectivity index (χ1v) is 7.21. The number of benzene rings is 1. The molecular formula is C16H26N2. The maximum atomic E-state index is 3.56. The van der Waals surface area contributed by atoms with Gasteiger partial charge in [-0.05, 0) is 57.5 Å². The molecule has 2 heteroatoms. The molecule has 18 heavy (non-hydrogen) atoms. The summed E-state index contributed by atoms with van der Waals surface area (Å²) >= 11 is 0. The van der Waals surface area contributed by atoms with Crippen molar-refractivity contribution in [1.82, 2.24) is 10.2 Å². The van der Waals surface area contributed by atoms with Gasteiger partial charge in [0.15, 0.2) is 0 Å². The Bertz CT molecular complexity index is 379. The zero-order valence-electron chi connectivity index (χ0n) is 12.0. The summed E-state index contributed by atoms with van der Waals surface area (Å²) in [5.74, 6) is 0. The van der Waals surface area contributed by atoms with Crippen molar-refractivity contribution >= 4 is 0 Å². The van der Waals surface area contributed by atoms with Crippen LogP contribution in [0.1, 0.15) is 36.5 Å². The van der Waals surface area contributed by atoms with Gasteiger partial charge >= 0.3 is 0 Å². The number of likely N-dealkylation sites (tertiary alicyclic amines) is 1. The van der Waals surface area contributed by atoms with Crippen molar-refractivity contribution in [3.8, 4) is 0 Å². The fraction of sp³-hybridized carbons (Fsp3) is 0.625. The quantitative estimate of drug-likeness (QED) is 0.879. The topological polar surface area (TPSA) is 15.3 Å². The molecule has 2 nitrogen and oxygen atoms in total. The van der Waals surface area contributed by atoms with Crippen LogP contribution in [0.3, 0.4) is 0 Å². The number of nitrogens with zero attached hydrogens (tertiary/aromatic N) is 1. The van der Waals surface area contributed by atoms with Gasteiger partial charge in [-0.25, -0.2) is 0 Å². The molecular weight excluding hydrogens is 220 g/mol. The first kappa shape index (κ1) is 13.6. The monoisotopic (exact) mass is 246 g/mol. The van der Waals surface area contributed by atoms with E-state index in [0.29, 0.717) is 0 Å². The molecule has 0 radical (unpaired) electrons. The fourth-order valence-corrected chi connectivity index (χ4v) is 2.80. The van der Waals surface area contributed by atoms with Crippen LogP contribution in [0.4, 0.5) is 0 Å². The fourth-order valence-electron chi connectivity index (χ4n) is 2.80. The van der Waals surface area contributed by atoms with E-state index in [9.17, 15) is 0 Å². The van der Waals surface area contributed by atoms with Crippen molar-refractivity contribution in [2.45, 2.75) is 46.2 Å². The molecule has 0 amide bonds. The molecule has 1 aliphatic heterocycles. The zero-order chi connectivity index (χ0) is 13.0. The highest BCUT2D eigenvalue weighted by Gasteiger charge is 2.18. The van der Waals surface area contributed by atoms with E-state index in [1.165, 1.54) is 42.6 Å². The van der Waals surface area contributed by atoms with Crippen molar-refractivity contribution in [3.63, 3.8) is 0 Å². The van der Waals surface area contributed by atoms with Crippen LogP contribution in [0, 0.1) is 13.8 Å². The predicted octanol–water partition coefficient (Wildman–Crippen LogP) is 2.88. The summed E-state index contributed by atoms with van der Waals surface area (Å²) in [4.78, 5) is 2.59. The van der Waals surface area contributed by atoms with Crippen LogP contribution in [-0.2, 0) is 6.54 Å². The van der Waals surface area contributed by atoms with Gasteiger partial charge in [0, 0.05) is 12.6 Å². The summed E-state index contributed by atoms with van der Waals surface area (Å²) in [6.45, 7) is 11.3. The minimum atomic E-state index is 0.741. The number of aryl methyl sites for hydroxylation is 2. The van der Waals surface area contributed by atoms with E-state index in [1.807, 2.05) is 0 Å². The maximum Gasteiger partial charge on any atom is 0.0236 e. The Morgan fingerprint density at radius 2 is 1.94 bits per heavy atom. The molecule has 100 valence electrons. The Hall–Kier alpha value is -0.860. The average molecular weight is 246 g/mol. The molecule has 1 saturated heterocycles. The summed E-state index contributed by atoms with van der Waals surface area (Å²) < 4.78 is 0. The van der Waals surface area contributed by atoms with Crippen LogP contribution in [0.15, 0.2) is 18.2 Å². The number of rotatable bonds is 4. The van der Waals surface area contributed by atoms with Crippen molar-refractivity contribution in [2.75, 3.05) is 19.6 Å². The molecule has 1 N–H and O–H groups in total. The average Bonchev–Trinajstić information content (AvgIpc) is 2.37. The molecule has 1 aromatic carbocycles. The molecule has 0 spiro atoms. The van der Waals surface area contributed by atoms with Crippen molar-refractivity contribution < 1.29 is 0 Å². The first-order chi connectivity index (χ1) is 8.69. The minimum absolute atomic E-state index is 0.741. The Kier molecular flexibility index (Phi) is 4.79. The van der Waals surface area contributed by atoms with Gasteiger partial charge in [-0.1, -0.05) is 30.7 Å². The summed E-state index contributed by atoms with van der Waals surface area (Å²) in [6, 6.07) is 7.53. The molecule has 1 heterocycles. The Morgan fingerprint density at radius 3 is 2.61 bits per heavy atom. The van der Waals surface area contributed by atoms with Gasteiger partial charge in [0.1, 0.15) is 0 Å². The van der Waals surface area contributed by atoms with Gasteiger partial charge in [0.25, 0.3) is 0 Å². The summed E-state index contributed by atoms with van der Waals surface area (Å²) in [6.07, 6.45) is 2.58. The van der Waals surface area contributed by atoms with Crippen molar-refractivity contribution in [3.05, 3.63) is 34.9 Å². The SMILES string of the molecule is CCNC1CCN(Cc2cc(C)ccc2C)CC1. The lowest BCUT2D eigenvalue weighted by molar-refractivity contribution is 0.191. The van der Waals surface area contributed by atoms with Gasteiger partial charge < -0.3 is 5.32 Å². The molecule has 1 aliphatic rings. The largest absolute Gasteiger partial charge is 0.314 e. The van der Waals surface area contributed by atoms with Crippen LogP contribution in [0.25, 0.3) is 0 Å². The lowest BCUT2D eigenvalue weighted by Gasteiger charge is -2.32. The third-order valence-electron chi connectivity index (χ3n) is 3.98. The van der Waals surface area contributed by atoms with Crippen LogP contribution in [0.2, 0.25) is 0 Å². The lowest BCUT2D eigenvalue weighted by atomic mass is 10.0. The highest BCUT2D eigenvalue weighted by atomic mass is 15.1. The number of hydrogen-bond donors (Lipinski definition) is 1. The van der Waals surface area contributed by atoms with Gasteiger partial charge in [0.05, 0.1) is 0 Å². The summed E-state index contributed by atoms with van der Waals surface area (Å²) in [7, 11) is 0. The third-order valence-corrected chi connectivity index (χ3v) is 3.98. The Balaban J connectivity index is 1.89. The second kappa shape index (κ2) is 6.35. The highest BCUT2D eigenvalue weighted by Crippen LogP contribution is 2.17. The Morgan fingerprint density at radius 1 is 1.22 bits per heavy atom. The van der Waals surface area contributed by atoms with E-state index in [2.05, 4.69) is 49.2 Å². The van der Waals surface area contributed by atoms with Crippen molar-refractivity contribution in [1.29, 1.82) is 0 Å². The van der Waals surface area contributed by atoms with E-state index in [4.69, 9.17) is 0 Å². The first-order valence-electron chi connectivity index (χ1n) is 7.21. The molecule has 0 saturated carbocycles. The number of piperidine rings is 1. The number of hydrogen-bond acceptors (Lipinski definition) is 2. The standard InChI is InChI=1S/C16H26N2/c1-4-17-16-7-9-18(10-8-16)12-15-11-13(2)5-6-14(15)3/h5-6,11,16-17H,4,7-10,12H2,1-3H3. The van der Waals surface area contributed by atoms with E-state index in [1.54, 1.807) is 0 Å². The molecule has 2 rings (SSSR count). The van der Waals surface area contributed by atoms with Gasteiger partial charge in [0.2, 0.25) is 0 Å². The van der Waals surface area contributed by atoms with E-state index in [-0.39, 0.29) is 0 Å². The minimum Gasteiger partial charge on any atom is -0.314 e. The van der Waals surface area contributed by atoms with Gasteiger partial charge in [-0.3, -0.25) is 4.90 Å². The molecule has 0 atom stereocenters. The van der Waals surface area contributed by atoms with Gasteiger partial charge in [-0.15, -0.1) is 0 Å². The number of nitrogens with one attached hydrogen (secondary N) is 1. The van der Waals surface area contributed by atoms with Crippen LogP contribution < -0.4 is 5.32 Å². The molecule has 0 aromatic heterocycles. The van der Waals surface area contributed by atoms with Crippen molar-refractivity contribution in [2.24, 2.45) is 0 Å². The summed E-state index contributed by atoms with van der Waals surface area (Å²) in [5, 5.41) is 3.56. The lowest BCUT2D eigenvalue weighted by Crippen LogP contribution is -2.42. The molecule has 0 unspecified atom stereocenters. The van der Waals surface area contributed by atoms with Crippen LogP contribution >= 0.6 is 0 Å².